The van der Waals surface area contributed by atoms with Crippen LogP contribution >= 0.6 is 0 Å². The maximum Gasteiger partial charge on any atom is 0.251 e. The van der Waals surface area contributed by atoms with Crippen LogP contribution in [0.4, 0.5) is 0 Å². The third-order valence-electron chi connectivity index (χ3n) is 2.84. The van der Waals surface area contributed by atoms with Crippen molar-refractivity contribution in [3.63, 3.8) is 0 Å². The van der Waals surface area contributed by atoms with Crippen molar-refractivity contribution in [2.45, 2.75) is 25.8 Å². The number of ether oxygens (including phenoxy) is 2. The molecule has 1 amide bonds. The van der Waals surface area contributed by atoms with Gasteiger partial charge in [0, 0.05) is 37.8 Å². The topological polar surface area (TPSA) is 73.6 Å². The lowest BCUT2D eigenvalue weighted by molar-refractivity contribution is 0.0915. The summed E-state index contributed by atoms with van der Waals surface area (Å²) in [5, 5.41) is 2.88. The van der Waals surface area contributed by atoms with Gasteiger partial charge in [0.2, 0.25) is 0 Å². The SMILES string of the molecule is COCCCOc1ccc(C(=O)NC(C)(C)CN)cc1. The Morgan fingerprint density at radius 2 is 1.90 bits per heavy atom. The third-order valence-corrected chi connectivity index (χ3v) is 2.84. The first-order valence-corrected chi connectivity index (χ1v) is 6.73. The molecule has 0 spiro atoms. The molecule has 0 saturated carbocycles. The molecule has 5 nitrogen and oxygen atoms in total. The molecule has 20 heavy (non-hydrogen) atoms. The number of nitrogens with two attached hydrogens (primary N) is 1. The second-order valence-corrected chi connectivity index (χ2v) is 5.26. The predicted octanol–water partition coefficient (Wildman–Crippen LogP) is 1.57. The number of hydrogen-bond acceptors (Lipinski definition) is 4. The van der Waals surface area contributed by atoms with Gasteiger partial charge in [-0.2, -0.15) is 0 Å². The Morgan fingerprint density at radius 1 is 1.25 bits per heavy atom. The van der Waals surface area contributed by atoms with E-state index in [9.17, 15) is 4.79 Å². The van der Waals surface area contributed by atoms with Crippen molar-refractivity contribution in [2.24, 2.45) is 5.73 Å². The molecule has 1 aromatic carbocycles. The highest BCUT2D eigenvalue weighted by atomic mass is 16.5. The highest BCUT2D eigenvalue weighted by Gasteiger charge is 2.19. The zero-order valence-electron chi connectivity index (χ0n) is 12.4. The Bertz CT molecular complexity index is 416. The molecule has 0 fully saturated rings. The van der Waals surface area contributed by atoms with Crippen molar-refractivity contribution in [1.82, 2.24) is 5.32 Å². The minimum atomic E-state index is -0.410. The van der Waals surface area contributed by atoms with E-state index in [4.69, 9.17) is 15.2 Å². The molecular weight excluding hydrogens is 256 g/mol. The molecule has 0 heterocycles. The van der Waals surface area contributed by atoms with Crippen molar-refractivity contribution in [2.75, 3.05) is 26.9 Å². The molecule has 0 aromatic heterocycles. The number of carbonyl (C=O) groups is 1. The van der Waals surface area contributed by atoms with Crippen LogP contribution in [-0.4, -0.2) is 38.3 Å². The van der Waals surface area contributed by atoms with E-state index in [1.165, 1.54) is 0 Å². The summed E-state index contributed by atoms with van der Waals surface area (Å²) >= 11 is 0. The Kier molecular flexibility index (Phi) is 6.48. The van der Waals surface area contributed by atoms with Crippen molar-refractivity contribution in [3.8, 4) is 5.75 Å². The average molecular weight is 280 g/mol. The highest BCUT2D eigenvalue weighted by molar-refractivity contribution is 5.94. The van der Waals surface area contributed by atoms with Gasteiger partial charge in [-0.3, -0.25) is 4.79 Å². The van der Waals surface area contributed by atoms with Gasteiger partial charge in [0.05, 0.1) is 6.61 Å². The van der Waals surface area contributed by atoms with E-state index in [2.05, 4.69) is 5.32 Å². The number of carbonyl (C=O) groups excluding carboxylic acids is 1. The summed E-state index contributed by atoms with van der Waals surface area (Å²) in [5.74, 6) is 0.613. The second kappa shape index (κ2) is 7.87. The minimum absolute atomic E-state index is 0.133. The Labute approximate surface area is 120 Å². The normalized spacial score (nSPS) is 11.2. The van der Waals surface area contributed by atoms with E-state index in [-0.39, 0.29) is 5.91 Å². The molecule has 3 N–H and O–H groups in total. The summed E-state index contributed by atoms with van der Waals surface area (Å²) in [6, 6.07) is 7.06. The summed E-state index contributed by atoms with van der Waals surface area (Å²) in [5.41, 5.74) is 5.77. The molecule has 0 saturated heterocycles. The zero-order chi connectivity index (χ0) is 15.0. The van der Waals surface area contributed by atoms with Crippen LogP contribution in [0.5, 0.6) is 5.75 Å². The van der Waals surface area contributed by atoms with E-state index in [1.54, 1.807) is 31.4 Å². The quantitative estimate of drug-likeness (QED) is 0.709. The fourth-order valence-corrected chi connectivity index (χ4v) is 1.53. The second-order valence-electron chi connectivity index (χ2n) is 5.26. The van der Waals surface area contributed by atoms with Gasteiger partial charge >= 0.3 is 0 Å². The van der Waals surface area contributed by atoms with Gasteiger partial charge in [0.1, 0.15) is 5.75 Å². The molecule has 0 bridgehead atoms. The molecule has 1 aromatic rings. The molecule has 5 heteroatoms. The van der Waals surface area contributed by atoms with E-state index in [0.717, 1.165) is 12.2 Å². The first-order valence-electron chi connectivity index (χ1n) is 6.73. The van der Waals surface area contributed by atoms with Crippen LogP contribution in [0.2, 0.25) is 0 Å². The lowest BCUT2D eigenvalue weighted by Gasteiger charge is -2.24. The number of nitrogens with one attached hydrogen (secondary N) is 1. The van der Waals surface area contributed by atoms with Crippen LogP contribution in [0.1, 0.15) is 30.6 Å². The lowest BCUT2D eigenvalue weighted by Crippen LogP contribution is -2.48. The fraction of sp³-hybridized carbons (Fsp3) is 0.533. The van der Waals surface area contributed by atoms with Gasteiger partial charge in [-0.05, 0) is 38.1 Å². The molecule has 0 aliphatic heterocycles. The third kappa shape index (κ3) is 5.59. The summed E-state index contributed by atoms with van der Waals surface area (Å²) in [6.45, 7) is 5.43. The lowest BCUT2D eigenvalue weighted by atomic mass is 10.1. The maximum absolute atomic E-state index is 12.0. The van der Waals surface area contributed by atoms with Gasteiger partial charge < -0.3 is 20.5 Å². The molecule has 0 unspecified atom stereocenters. The Hall–Kier alpha value is -1.59. The number of methoxy groups -OCH3 is 1. The van der Waals surface area contributed by atoms with Gasteiger partial charge in [0.15, 0.2) is 0 Å². The summed E-state index contributed by atoms with van der Waals surface area (Å²) in [6.07, 6.45) is 0.837. The predicted molar refractivity (Wildman–Crippen MR) is 79.0 cm³/mol. The summed E-state index contributed by atoms with van der Waals surface area (Å²) in [4.78, 5) is 12.0. The molecule has 1 rings (SSSR count). The first kappa shape index (κ1) is 16.5. The molecule has 0 aliphatic rings. The first-order chi connectivity index (χ1) is 9.48. The van der Waals surface area contributed by atoms with Crippen LogP contribution < -0.4 is 15.8 Å². The summed E-state index contributed by atoms with van der Waals surface area (Å²) < 4.78 is 10.5. The number of hydrogen-bond donors (Lipinski definition) is 2. The molecule has 0 aliphatic carbocycles. The van der Waals surface area contributed by atoms with Crippen molar-refractivity contribution in [3.05, 3.63) is 29.8 Å². The van der Waals surface area contributed by atoms with Crippen LogP contribution in [0.25, 0.3) is 0 Å². The fourth-order valence-electron chi connectivity index (χ4n) is 1.53. The smallest absolute Gasteiger partial charge is 0.251 e. The zero-order valence-corrected chi connectivity index (χ0v) is 12.4. The van der Waals surface area contributed by atoms with Gasteiger partial charge in [0.25, 0.3) is 5.91 Å². The van der Waals surface area contributed by atoms with Crippen molar-refractivity contribution >= 4 is 5.91 Å². The van der Waals surface area contributed by atoms with Crippen LogP contribution in [0.15, 0.2) is 24.3 Å². The van der Waals surface area contributed by atoms with E-state index in [0.29, 0.717) is 25.3 Å². The van der Waals surface area contributed by atoms with E-state index < -0.39 is 5.54 Å². The average Bonchev–Trinajstić information content (AvgIpc) is 2.44. The van der Waals surface area contributed by atoms with E-state index in [1.807, 2.05) is 13.8 Å². The van der Waals surface area contributed by atoms with Crippen molar-refractivity contribution in [1.29, 1.82) is 0 Å². The molecule has 0 radical (unpaired) electrons. The van der Waals surface area contributed by atoms with Crippen LogP contribution in [-0.2, 0) is 4.74 Å². The number of amides is 1. The van der Waals surface area contributed by atoms with Gasteiger partial charge in [-0.25, -0.2) is 0 Å². The van der Waals surface area contributed by atoms with Crippen LogP contribution in [0, 0.1) is 0 Å². The Balaban J connectivity index is 2.51. The molecule has 0 atom stereocenters. The summed E-state index contributed by atoms with van der Waals surface area (Å²) in [7, 11) is 1.66. The largest absolute Gasteiger partial charge is 0.494 e. The number of rotatable bonds is 8. The highest BCUT2D eigenvalue weighted by Crippen LogP contribution is 2.13. The van der Waals surface area contributed by atoms with Gasteiger partial charge in [-0.15, -0.1) is 0 Å². The van der Waals surface area contributed by atoms with Crippen molar-refractivity contribution < 1.29 is 14.3 Å². The standard InChI is InChI=1S/C15H24N2O3/c1-15(2,11-16)17-14(18)12-5-7-13(8-6-12)20-10-4-9-19-3/h5-8H,4,9-11,16H2,1-3H3,(H,17,18). The number of benzene rings is 1. The van der Waals surface area contributed by atoms with Gasteiger partial charge in [-0.1, -0.05) is 0 Å². The monoisotopic (exact) mass is 280 g/mol. The maximum atomic E-state index is 12.0. The Morgan fingerprint density at radius 3 is 2.45 bits per heavy atom. The van der Waals surface area contributed by atoms with Crippen LogP contribution in [0.3, 0.4) is 0 Å². The molecule has 112 valence electrons. The minimum Gasteiger partial charge on any atom is -0.494 e. The molecular formula is C15H24N2O3. The van der Waals surface area contributed by atoms with E-state index >= 15 is 0 Å².